The monoisotopic (exact) mass is 486 g/mol. The summed E-state index contributed by atoms with van der Waals surface area (Å²) in [5.74, 6) is 0. The van der Waals surface area contributed by atoms with E-state index in [0.717, 1.165) is 6.26 Å². The van der Waals surface area contributed by atoms with Crippen molar-refractivity contribution in [2.75, 3.05) is 26.1 Å². The van der Waals surface area contributed by atoms with Crippen LogP contribution in [0.5, 0.6) is 0 Å². The number of aliphatic hydroxyl groups excluding tert-OH is 2. The largest absolute Gasteiger partial charge is 0.444 e. The molecule has 0 radical (unpaired) electrons. The molecule has 11 nitrogen and oxygen atoms in total. The van der Waals surface area contributed by atoms with Gasteiger partial charge in [0, 0.05) is 12.6 Å². The van der Waals surface area contributed by atoms with E-state index in [1.54, 1.807) is 41.5 Å². The molecule has 0 aromatic heterocycles. The van der Waals surface area contributed by atoms with Gasteiger partial charge in [0.05, 0.1) is 25.5 Å². The highest BCUT2D eigenvalue weighted by Crippen LogP contribution is 2.08. The number of rotatable bonds is 10. The maximum atomic E-state index is 11.5. The highest BCUT2D eigenvalue weighted by Gasteiger charge is 2.19. The zero-order valence-corrected chi connectivity index (χ0v) is 21.4. The Hall–Kier alpha value is -1.63. The van der Waals surface area contributed by atoms with Gasteiger partial charge in [0.15, 0.2) is 0 Å². The molecule has 0 aromatic carbocycles. The van der Waals surface area contributed by atoms with Gasteiger partial charge in [-0.1, -0.05) is 6.92 Å². The first-order valence-corrected chi connectivity index (χ1v) is 12.3. The van der Waals surface area contributed by atoms with Crippen molar-refractivity contribution in [2.24, 2.45) is 0 Å². The van der Waals surface area contributed by atoms with E-state index < -0.39 is 39.5 Å². The van der Waals surface area contributed by atoms with Crippen LogP contribution < -0.4 is 10.6 Å². The zero-order valence-electron chi connectivity index (χ0n) is 20.6. The molecule has 0 saturated heterocycles. The summed E-state index contributed by atoms with van der Waals surface area (Å²) in [6.45, 7) is 12.3. The highest BCUT2D eigenvalue weighted by atomic mass is 32.2. The van der Waals surface area contributed by atoms with E-state index in [9.17, 15) is 18.0 Å². The van der Waals surface area contributed by atoms with Crippen molar-refractivity contribution in [1.82, 2.24) is 10.6 Å². The van der Waals surface area contributed by atoms with E-state index in [4.69, 9.17) is 19.7 Å². The molecule has 32 heavy (non-hydrogen) atoms. The van der Waals surface area contributed by atoms with E-state index in [1.807, 2.05) is 6.92 Å². The third-order valence-electron chi connectivity index (χ3n) is 3.40. The smallest absolute Gasteiger partial charge is 0.407 e. The van der Waals surface area contributed by atoms with Crippen LogP contribution in [0.2, 0.25) is 0 Å². The molecular formula is C20H42N2O9S. The van der Waals surface area contributed by atoms with E-state index in [1.165, 1.54) is 0 Å². The summed E-state index contributed by atoms with van der Waals surface area (Å²) in [5.41, 5.74) is -1.10. The molecule has 12 heteroatoms. The fourth-order valence-electron chi connectivity index (χ4n) is 2.03. The maximum absolute atomic E-state index is 11.5. The molecule has 0 rings (SSSR count). The predicted molar refractivity (Wildman–Crippen MR) is 121 cm³/mol. The molecular weight excluding hydrogens is 444 g/mol. The molecule has 0 bridgehead atoms. The third-order valence-corrected chi connectivity index (χ3v) is 3.99. The molecule has 2 atom stereocenters. The Balaban J connectivity index is 0. The number of hydrogen-bond acceptors (Lipinski definition) is 9. The van der Waals surface area contributed by atoms with Crippen molar-refractivity contribution in [1.29, 1.82) is 0 Å². The van der Waals surface area contributed by atoms with Gasteiger partial charge in [-0.05, 0) is 60.8 Å². The van der Waals surface area contributed by atoms with Gasteiger partial charge in [0.25, 0.3) is 10.1 Å². The Morgan fingerprint density at radius 1 is 0.875 bits per heavy atom. The van der Waals surface area contributed by atoms with Crippen LogP contribution in [0.15, 0.2) is 0 Å². The number of amides is 2. The number of ether oxygens (including phenoxy) is 2. The summed E-state index contributed by atoms with van der Waals surface area (Å²) in [6.07, 6.45) is 1.32. The summed E-state index contributed by atoms with van der Waals surface area (Å²) >= 11 is 0. The molecule has 0 aliphatic carbocycles. The molecule has 0 saturated carbocycles. The van der Waals surface area contributed by atoms with E-state index in [-0.39, 0.29) is 25.9 Å². The minimum atomic E-state index is -3.43. The number of carbonyl (C=O) groups is 2. The van der Waals surface area contributed by atoms with Crippen LogP contribution in [0.25, 0.3) is 0 Å². The number of aliphatic hydroxyl groups is 2. The Morgan fingerprint density at radius 2 is 1.31 bits per heavy atom. The van der Waals surface area contributed by atoms with Crippen LogP contribution in [-0.4, -0.2) is 80.2 Å². The fraction of sp³-hybridized carbons (Fsp3) is 0.900. The van der Waals surface area contributed by atoms with Crippen molar-refractivity contribution in [2.45, 2.75) is 91.0 Å². The second-order valence-corrected chi connectivity index (χ2v) is 10.7. The van der Waals surface area contributed by atoms with E-state index >= 15 is 0 Å². The summed E-state index contributed by atoms with van der Waals surface area (Å²) in [4.78, 5) is 22.7. The van der Waals surface area contributed by atoms with Crippen LogP contribution in [-0.2, 0) is 23.8 Å². The molecule has 0 heterocycles. The lowest BCUT2D eigenvalue weighted by atomic mass is 10.1. The topological polar surface area (TPSA) is 160 Å². The van der Waals surface area contributed by atoms with Crippen LogP contribution >= 0.6 is 0 Å². The lowest BCUT2D eigenvalue weighted by Crippen LogP contribution is -2.41. The standard InChI is InChI=1S/C11H23NO5S.C9H19NO4/c1-6-9(7-8-16-18(5,14)15)12-10(13)17-11(2,3)4;1-9(2,3)14-8(13)10-7(6-12)4-5-11/h9H,6-8H2,1-5H3,(H,12,13);7,11-12H,4-6H2,1-3H3,(H,10,13)/t9-;7-/m10/s1. The average Bonchev–Trinajstić information content (AvgIpc) is 2.56. The van der Waals surface area contributed by atoms with Crippen molar-refractivity contribution in [3.05, 3.63) is 0 Å². The van der Waals surface area contributed by atoms with Crippen molar-refractivity contribution < 1.29 is 41.9 Å². The van der Waals surface area contributed by atoms with Gasteiger partial charge in [-0.3, -0.25) is 4.18 Å². The number of carbonyl (C=O) groups excluding carboxylic acids is 2. The quantitative estimate of drug-likeness (QED) is 0.338. The first-order valence-electron chi connectivity index (χ1n) is 10.5. The second-order valence-electron chi connectivity index (χ2n) is 9.10. The first kappa shape index (κ1) is 32.5. The maximum Gasteiger partial charge on any atom is 0.407 e. The van der Waals surface area contributed by atoms with Crippen LogP contribution in [0.3, 0.4) is 0 Å². The van der Waals surface area contributed by atoms with Crippen molar-refractivity contribution in [3.63, 3.8) is 0 Å². The summed E-state index contributed by atoms with van der Waals surface area (Å²) in [6, 6.07) is -0.614. The van der Waals surface area contributed by atoms with Gasteiger partial charge in [-0.25, -0.2) is 9.59 Å². The second kappa shape index (κ2) is 15.3. The first-order chi connectivity index (χ1) is 14.4. The van der Waals surface area contributed by atoms with Gasteiger partial charge in [-0.2, -0.15) is 8.42 Å². The Morgan fingerprint density at radius 3 is 1.62 bits per heavy atom. The molecule has 4 N–H and O–H groups in total. The lowest BCUT2D eigenvalue weighted by Gasteiger charge is -2.22. The van der Waals surface area contributed by atoms with Gasteiger partial charge in [-0.15, -0.1) is 0 Å². The Labute approximate surface area is 192 Å². The minimum absolute atomic E-state index is 0.0487. The Bertz CT molecular complexity index is 640. The number of alkyl carbamates (subject to hydrolysis) is 2. The molecule has 0 spiro atoms. The number of nitrogens with one attached hydrogen (secondary N) is 2. The fourth-order valence-corrected chi connectivity index (χ4v) is 2.43. The molecule has 192 valence electrons. The third kappa shape index (κ3) is 23.0. The molecule has 0 aliphatic rings. The summed E-state index contributed by atoms with van der Waals surface area (Å²) < 4.78 is 36.3. The minimum Gasteiger partial charge on any atom is -0.444 e. The predicted octanol–water partition coefficient (Wildman–Crippen LogP) is 1.91. The lowest BCUT2D eigenvalue weighted by molar-refractivity contribution is 0.0467. The van der Waals surface area contributed by atoms with Crippen molar-refractivity contribution in [3.8, 4) is 0 Å². The zero-order chi connectivity index (χ0) is 25.6. The average molecular weight is 487 g/mol. The summed E-state index contributed by atoms with van der Waals surface area (Å²) in [5, 5.41) is 22.6. The van der Waals surface area contributed by atoms with E-state index in [2.05, 4.69) is 14.8 Å². The van der Waals surface area contributed by atoms with Crippen LogP contribution in [0.1, 0.15) is 67.7 Å². The van der Waals surface area contributed by atoms with Gasteiger partial charge < -0.3 is 30.3 Å². The molecule has 0 aliphatic heterocycles. The van der Waals surface area contributed by atoms with Crippen LogP contribution in [0, 0.1) is 0 Å². The number of hydrogen-bond donors (Lipinski definition) is 4. The van der Waals surface area contributed by atoms with Gasteiger partial charge >= 0.3 is 12.2 Å². The highest BCUT2D eigenvalue weighted by molar-refractivity contribution is 7.85. The Kier molecular flexibility index (Phi) is 15.5. The van der Waals surface area contributed by atoms with E-state index in [0.29, 0.717) is 19.3 Å². The molecule has 0 unspecified atom stereocenters. The normalized spacial score (nSPS) is 13.8. The molecule has 0 fully saturated rings. The molecule has 2 amide bonds. The van der Waals surface area contributed by atoms with Gasteiger partial charge in [0.1, 0.15) is 11.2 Å². The van der Waals surface area contributed by atoms with Crippen LogP contribution in [0.4, 0.5) is 9.59 Å². The van der Waals surface area contributed by atoms with Crippen molar-refractivity contribution >= 4 is 22.3 Å². The molecule has 0 aromatic rings. The summed E-state index contributed by atoms with van der Waals surface area (Å²) in [7, 11) is -3.43. The van der Waals surface area contributed by atoms with Gasteiger partial charge in [0.2, 0.25) is 0 Å². The SMILES string of the molecule is CC(C)(C)OC(=O)N[C@H](CO)CCO.CC[C@H](CCOS(C)(=O)=O)NC(=O)OC(C)(C)C.